The Kier molecular flexibility index (Phi) is 1.78. The zero-order valence-electron chi connectivity index (χ0n) is 4.96. The third-order valence-electron chi connectivity index (χ3n) is 1.05. The molecule has 50 valence electrons. The van der Waals surface area contributed by atoms with Gasteiger partial charge in [0, 0.05) is 12.4 Å². The second-order valence-electron chi connectivity index (χ2n) is 1.70. The first kappa shape index (κ1) is 6.90. The van der Waals surface area contributed by atoms with E-state index in [0.717, 1.165) is 0 Å². The first-order valence-electron chi connectivity index (χ1n) is 2.56. The number of rotatable bonds is 0. The minimum atomic E-state index is -0.329. The Bertz CT molecular complexity index is 336. The zero-order chi connectivity index (χ0) is 7.56. The molecule has 0 aromatic carbocycles. The lowest BCUT2D eigenvalue weighted by atomic mass is 10.3. The number of nitrogens with zero attached hydrogens (tertiary/aromatic N) is 1. The Morgan fingerprint density at radius 1 is 1.60 bits per heavy atom. The summed E-state index contributed by atoms with van der Waals surface area (Å²) >= 11 is 3.83. The van der Waals surface area contributed by atoms with Crippen molar-refractivity contribution in [3.63, 3.8) is 0 Å². The van der Waals surface area contributed by atoms with E-state index in [-0.39, 0.29) is 15.9 Å². The summed E-state index contributed by atoms with van der Waals surface area (Å²) in [5.74, 6) is 0. The van der Waals surface area contributed by atoms with Gasteiger partial charge in [-0.05, 0) is 0 Å². The van der Waals surface area contributed by atoms with Crippen molar-refractivity contribution in [3.05, 3.63) is 28.2 Å². The predicted molar refractivity (Wildman–Crippen MR) is 39.0 cm³/mol. The molecule has 1 rings (SSSR count). The van der Waals surface area contributed by atoms with Crippen LogP contribution in [0.15, 0.2) is 22.1 Å². The van der Waals surface area contributed by atoms with Gasteiger partial charge in [-0.2, -0.15) is 5.26 Å². The third kappa shape index (κ3) is 1.04. The van der Waals surface area contributed by atoms with E-state index in [0.29, 0.717) is 0 Å². The number of hydrogen-bond acceptors (Lipinski definition) is 3. The molecule has 0 amide bonds. The lowest BCUT2D eigenvalue weighted by Crippen LogP contribution is -2.06. The molecule has 0 unspecified atom stereocenters. The molecule has 0 aliphatic heterocycles. The van der Waals surface area contributed by atoms with Crippen LogP contribution >= 0.6 is 12.6 Å². The van der Waals surface area contributed by atoms with Gasteiger partial charge in [-0.25, -0.2) is 0 Å². The summed E-state index contributed by atoms with van der Waals surface area (Å²) in [4.78, 5) is 13.8. The molecule has 0 aliphatic carbocycles. The second kappa shape index (κ2) is 2.58. The summed E-state index contributed by atoms with van der Waals surface area (Å²) in [6.07, 6.45) is 2.79. The van der Waals surface area contributed by atoms with E-state index in [1.807, 2.05) is 0 Å². The molecule has 0 aliphatic rings. The fraction of sp³-hybridized carbons (Fsp3) is 0. The maximum absolute atomic E-state index is 10.9. The van der Waals surface area contributed by atoms with Gasteiger partial charge in [0.05, 0.1) is 4.90 Å². The van der Waals surface area contributed by atoms with Crippen molar-refractivity contribution in [2.24, 2.45) is 0 Å². The van der Waals surface area contributed by atoms with E-state index in [1.165, 1.54) is 12.4 Å². The van der Waals surface area contributed by atoms with Crippen LogP contribution in [-0.2, 0) is 0 Å². The first-order chi connectivity index (χ1) is 4.75. The van der Waals surface area contributed by atoms with Crippen LogP contribution in [0.1, 0.15) is 5.56 Å². The maximum atomic E-state index is 10.9. The first-order valence-corrected chi connectivity index (χ1v) is 3.00. The molecule has 0 saturated heterocycles. The molecule has 0 fully saturated rings. The molecule has 1 heterocycles. The minimum Gasteiger partial charge on any atom is -0.365 e. The standard InChI is InChI=1S/C6H4N2OS/c7-1-4-2-8-3-5(10)6(4)9/h2-3,10H,(H,8,9). The van der Waals surface area contributed by atoms with Gasteiger partial charge in [-0.1, -0.05) is 0 Å². The molecule has 1 aromatic heterocycles. The summed E-state index contributed by atoms with van der Waals surface area (Å²) in [5.41, 5.74) is -0.239. The molecule has 0 saturated carbocycles. The van der Waals surface area contributed by atoms with Gasteiger partial charge >= 0.3 is 0 Å². The number of pyridine rings is 1. The van der Waals surface area contributed by atoms with Crippen LogP contribution in [0.25, 0.3) is 0 Å². The Hall–Kier alpha value is -1.21. The summed E-state index contributed by atoms with van der Waals surface area (Å²) in [6, 6.07) is 1.74. The van der Waals surface area contributed by atoms with Gasteiger partial charge in [0.1, 0.15) is 11.6 Å². The van der Waals surface area contributed by atoms with E-state index in [2.05, 4.69) is 17.6 Å². The molecule has 0 bridgehead atoms. The lowest BCUT2D eigenvalue weighted by Gasteiger charge is -1.88. The highest BCUT2D eigenvalue weighted by atomic mass is 32.1. The van der Waals surface area contributed by atoms with Crippen LogP contribution in [0.2, 0.25) is 0 Å². The Morgan fingerprint density at radius 2 is 2.30 bits per heavy atom. The summed E-state index contributed by atoms with van der Waals surface area (Å²) in [6.45, 7) is 0. The average Bonchev–Trinajstić information content (AvgIpc) is 1.95. The van der Waals surface area contributed by atoms with Crippen molar-refractivity contribution in [3.8, 4) is 6.07 Å². The fourth-order valence-electron chi connectivity index (χ4n) is 0.556. The van der Waals surface area contributed by atoms with Crippen LogP contribution in [-0.4, -0.2) is 4.98 Å². The van der Waals surface area contributed by atoms with Crippen molar-refractivity contribution in [2.45, 2.75) is 4.90 Å². The maximum Gasteiger partial charge on any atom is 0.212 e. The van der Waals surface area contributed by atoms with Crippen molar-refractivity contribution >= 4 is 12.6 Å². The number of thiol groups is 1. The smallest absolute Gasteiger partial charge is 0.212 e. The van der Waals surface area contributed by atoms with Crippen LogP contribution in [0.4, 0.5) is 0 Å². The largest absolute Gasteiger partial charge is 0.365 e. The van der Waals surface area contributed by atoms with Crippen LogP contribution in [0.3, 0.4) is 0 Å². The molecule has 3 nitrogen and oxygen atoms in total. The number of nitriles is 1. The number of aromatic nitrogens is 1. The SMILES string of the molecule is N#Cc1c[nH]cc(S)c1=O. The summed E-state index contributed by atoms with van der Waals surface area (Å²) in [7, 11) is 0. The Balaban J connectivity index is 3.47. The van der Waals surface area contributed by atoms with Crippen molar-refractivity contribution in [2.75, 3.05) is 0 Å². The Morgan fingerprint density at radius 3 is 2.80 bits per heavy atom. The molecular formula is C6H4N2OS. The highest BCUT2D eigenvalue weighted by Crippen LogP contribution is 1.95. The zero-order valence-corrected chi connectivity index (χ0v) is 5.85. The van der Waals surface area contributed by atoms with Crippen molar-refractivity contribution in [1.29, 1.82) is 5.26 Å². The van der Waals surface area contributed by atoms with Gasteiger partial charge in [0.2, 0.25) is 5.43 Å². The van der Waals surface area contributed by atoms with Gasteiger partial charge in [-0.15, -0.1) is 12.6 Å². The number of H-pyrrole nitrogens is 1. The number of aromatic amines is 1. The van der Waals surface area contributed by atoms with E-state index in [9.17, 15) is 4.79 Å². The van der Waals surface area contributed by atoms with Crippen molar-refractivity contribution < 1.29 is 0 Å². The monoisotopic (exact) mass is 152 g/mol. The number of hydrogen-bond donors (Lipinski definition) is 2. The molecule has 4 heteroatoms. The Labute approximate surface area is 62.7 Å². The van der Waals surface area contributed by atoms with E-state index < -0.39 is 0 Å². The normalized spacial score (nSPS) is 8.80. The fourth-order valence-corrected chi connectivity index (χ4v) is 0.751. The molecule has 1 aromatic rings. The van der Waals surface area contributed by atoms with Gasteiger partial charge in [0.25, 0.3) is 0 Å². The average molecular weight is 152 g/mol. The van der Waals surface area contributed by atoms with Gasteiger partial charge in [-0.3, -0.25) is 4.79 Å². The number of nitrogens with one attached hydrogen (secondary N) is 1. The van der Waals surface area contributed by atoms with Crippen LogP contribution in [0.5, 0.6) is 0 Å². The lowest BCUT2D eigenvalue weighted by molar-refractivity contribution is 1.18. The van der Waals surface area contributed by atoms with Crippen LogP contribution < -0.4 is 5.43 Å². The third-order valence-corrected chi connectivity index (χ3v) is 1.38. The quantitative estimate of drug-likeness (QED) is 0.533. The molecule has 0 spiro atoms. The molecule has 0 atom stereocenters. The van der Waals surface area contributed by atoms with Crippen molar-refractivity contribution in [1.82, 2.24) is 4.98 Å². The van der Waals surface area contributed by atoms with Gasteiger partial charge in [0.15, 0.2) is 0 Å². The second-order valence-corrected chi connectivity index (χ2v) is 2.18. The summed E-state index contributed by atoms with van der Waals surface area (Å²) < 4.78 is 0. The highest BCUT2D eigenvalue weighted by Gasteiger charge is 1.98. The van der Waals surface area contributed by atoms with E-state index in [1.54, 1.807) is 6.07 Å². The molecule has 10 heavy (non-hydrogen) atoms. The van der Waals surface area contributed by atoms with Crippen LogP contribution in [0, 0.1) is 11.3 Å². The van der Waals surface area contributed by atoms with E-state index in [4.69, 9.17) is 5.26 Å². The summed E-state index contributed by atoms with van der Waals surface area (Å²) in [5, 5.41) is 8.34. The minimum absolute atomic E-state index is 0.0903. The van der Waals surface area contributed by atoms with Gasteiger partial charge < -0.3 is 4.98 Å². The highest BCUT2D eigenvalue weighted by molar-refractivity contribution is 7.80. The molecule has 0 radical (unpaired) electrons. The molecular weight excluding hydrogens is 148 g/mol. The predicted octanol–water partition coefficient (Wildman–Crippen LogP) is 0.535. The van der Waals surface area contributed by atoms with E-state index >= 15 is 0 Å². The molecule has 1 N–H and O–H groups in total. The topological polar surface area (TPSA) is 56.6 Å².